The van der Waals surface area contributed by atoms with Crippen molar-refractivity contribution < 1.29 is 0 Å². The predicted octanol–water partition coefficient (Wildman–Crippen LogP) is 2.86. The van der Waals surface area contributed by atoms with Gasteiger partial charge < -0.3 is 10.6 Å². The topological polar surface area (TPSA) is 24.1 Å². The van der Waals surface area contributed by atoms with E-state index in [2.05, 4.69) is 48.7 Å². The summed E-state index contributed by atoms with van der Waals surface area (Å²) in [6.45, 7) is 8.06. The number of rotatable bonds is 3. The second-order valence-corrected chi connectivity index (χ2v) is 6.51. The van der Waals surface area contributed by atoms with Crippen LogP contribution in [0.25, 0.3) is 0 Å². The van der Waals surface area contributed by atoms with Crippen LogP contribution in [-0.4, -0.2) is 13.1 Å². The van der Waals surface area contributed by atoms with Crippen molar-refractivity contribution in [2.24, 2.45) is 11.3 Å². The molecule has 0 spiro atoms. The van der Waals surface area contributed by atoms with E-state index in [1.807, 2.05) is 0 Å². The Morgan fingerprint density at radius 2 is 2.11 bits per heavy atom. The molecule has 18 heavy (non-hydrogen) atoms. The summed E-state index contributed by atoms with van der Waals surface area (Å²) in [5.74, 6) is 0.876. The Morgan fingerprint density at radius 3 is 2.89 bits per heavy atom. The molecule has 0 bridgehead atoms. The SMILES string of the molecule is CC1(C)CC1CNC1CCNCc2ccccc21. The fraction of sp³-hybridized carbons (Fsp3) is 0.625. The molecule has 2 atom stereocenters. The molecule has 2 nitrogen and oxygen atoms in total. The Kier molecular flexibility index (Phi) is 3.16. The highest BCUT2D eigenvalue weighted by Crippen LogP contribution is 2.51. The third kappa shape index (κ3) is 2.45. The maximum atomic E-state index is 3.80. The first-order chi connectivity index (χ1) is 8.67. The van der Waals surface area contributed by atoms with Gasteiger partial charge in [-0.15, -0.1) is 0 Å². The van der Waals surface area contributed by atoms with Gasteiger partial charge in [0.2, 0.25) is 0 Å². The molecule has 1 aliphatic heterocycles. The van der Waals surface area contributed by atoms with E-state index in [-0.39, 0.29) is 0 Å². The molecule has 1 saturated carbocycles. The lowest BCUT2D eigenvalue weighted by Crippen LogP contribution is -2.26. The first-order valence-electron chi connectivity index (χ1n) is 7.19. The molecule has 98 valence electrons. The van der Waals surface area contributed by atoms with Gasteiger partial charge in [-0.3, -0.25) is 0 Å². The largest absolute Gasteiger partial charge is 0.313 e. The van der Waals surface area contributed by atoms with Gasteiger partial charge in [0, 0.05) is 12.6 Å². The molecule has 1 aromatic carbocycles. The normalized spacial score (nSPS) is 29.4. The van der Waals surface area contributed by atoms with Gasteiger partial charge in [0.05, 0.1) is 0 Å². The molecule has 2 unspecified atom stereocenters. The zero-order chi connectivity index (χ0) is 12.6. The molecule has 1 aromatic rings. The highest BCUT2D eigenvalue weighted by Gasteiger charge is 2.45. The minimum Gasteiger partial charge on any atom is -0.313 e. The summed E-state index contributed by atoms with van der Waals surface area (Å²) in [5.41, 5.74) is 3.54. The van der Waals surface area contributed by atoms with Crippen molar-refractivity contribution in [1.82, 2.24) is 10.6 Å². The Labute approximate surface area is 110 Å². The molecule has 1 heterocycles. The van der Waals surface area contributed by atoms with Gasteiger partial charge in [-0.25, -0.2) is 0 Å². The van der Waals surface area contributed by atoms with Gasteiger partial charge >= 0.3 is 0 Å². The molecule has 0 amide bonds. The van der Waals surface area contributed by atoms with E-state index in [1.54, 1.807) is 0 Å². The van der Waals surface area contributed by atoms with Crippen LogP contribution in [0.5, 0.6) is 0 Å². The van der Waals surface area contributed by atoms with E-state index in [9.17, 15) is 0 Å². The van der Waals surface area contributed by atoms with Crippen molar-refractivity contribution in [3.8, 4) is 0 Å². The number of nitrogens with one attached hydrogen (secondary N) is 2. The van der Waals surface area contributed by atoms with E-state index in [4.69, 9.17) is 0 Å². The monoisotopic (exact) mass is 244 g/mol. The third-order valence-corrected chi connectivity index (χ3v) is 4.68. The average molecular weight is 244 g/mol. The summed E-state index contributed by atoms with van der Waals surface area (Å²) < 4.78 is 0. The summed E-state index contributed by atoms with van der Waals surface area (Å²) in [7, 11) is 0. The van der Waals surface area contributed by atoms with E-state index < -0.39 is 0 Å². The summed E-state index contributed by atoms with van der Waals surface area (Å²) in [6, 6.07) is 9.39. The standard InChI is InChI=1S/C16H24N2/c1-16(2)9-13(16)11-18-15-7-8-17-10-12-5-3-4-6-14(12)15/h3-6,13,15,17-18H,7-11H2,1-2H3. The molecule has 1 aliphatic carbocycles. The summed E-state index contributed by atoms with van der Waals surface area (Å²) in [5, 5.41) is 7.31. The Balaban J connectivity index is 1.68. The van der Waals surface area contributed by atoms with Crippen LogP contribution in [0.2, 0.25) is 0 Å². The fourth-order valence-electron chi connectivity index (χ4n) is 3.08. The molecular weight excluding hydrogens is 220 g/mol. The quantitative estimate of drug-likeness (QED) is 0.854. The molecule has 2 heteroatoms. The van der Waals surface area contributed by atoms with Gasteiger partial charge in [0.25, 0.3) is 0 Å². The lowest BCUT2D eigenvalue weighted by atomic mass is 9.99. The maximum Gasteiger partial charge on any atom is 0.0335 e. The van der Waals surface area contributed by atoms with Crippen molar-refractivity contribution in [1.29, 1.82) is 0 Å². The molecule has 3 rings (SSSR count). The first-order valence-corrected chi connectivity index (χ1v) is 7.19. The van der Waals surface area contributed by atoms with Crippen molar-refractivity contribution in [2.45, 2.75) is 39.3 Å². The summed E-state index contributed by atoms with van der Waals surface area (Å²) >= 11 is 0. The number of hydrogen-bond donors (Lipinski definition) is 2. The lowest BCUT2D eigenvalue weighted by molar-refractivity contribution is 0.450. The van der Waals surface area contributed by atoms with Crippen LogP contribution in [0.15, 0.2) is 24.3 Å². The highest BCUT2D eigenvalue weighted by molar-refractivity contribution is 5.31. The third-order valence-electron chi connectivity index (χ3n) is 4.68. The van der Waals surface area contributed by atoms with Crippen molar-refractivity contribution in [2.75, 3.05) is 13.1 Å². The molecule has 2 N–H and O–H groups in total. The second kappa shape index (κ2) is 4.67. The lowest BCUT2D eigenvalue weighted by Gasteiger charge is -2.19. The van der Waals surface area contributed by atoms with Gasteiger partial charge in [-0.2, -0.15) is 0 Å². The van der Waals surface area contributed by atoms with Crippen LogP contribution < -0.4 is 10.6 Å². The number of benzene rings is 1. The van der Waals surface area contributed by atoms with Gasteiger partial charge in [-0.05, 0) is 48.4 Å². The van der Waals surface area contributed by atoms with Gasteiger partial charge in [-0.1, -0.05) is 38.1 Å². The fourth-order valence-corrected chi connectivity index (χ4v) is 3.08. The van der Waals surface area contributed by atoms with Crippen LogP contribution in [-0.2, 0) is 6.54 Å². The minimum atomic E-state index is 0.535. The minimum absolute atomic E-state index is 0.535. The smallest absolute Gasteiger partial charge is 0.0335 e. The molecular formula is C16H24N2. The van der Waals surface area contributed by atoms with E-state index in [0.29, 0.717) is 11.5 Å². The van der Waals surface area contributed by atoms with Crippen molar-refractivity contribution in [3.05, 3.63) is 35.4 Å². The van der Waals surface area contributed by atoms with Crippen LogP contribution in [0.4, 0.5) is 0 Å². The average Bonchev–Trinajstić information content (AvgIpc) is 3.02. The zero-order valence-corrected chi connectivity index (χ0v) is 11.5. The molecule has 0 aromatic heterocycles. The molecule has 0 saturated heterocycles. The Morgan fingerprint density at radius 1 is 1.33 bits per heavy atom. The van der Waals surface area contributed by atoms with E-state index in [0.717, 1.165) is 19.0 Å². The Bertz CT molecular complexity index is 425. The molecule has 1 fully saturated rings. The van der Waals surface area contributed by atoms with Crippen molar-refractivity contribution >= 4 is 0 Å². The number of hydrogen-bond acceptors (Lipinski definition) is 2. The maximum absolute atomic E-state index is 3.80. The Hall–Kier alpha value is -0.860. The summed E-state index contributed by atoms with van der Waals surface area (Å²) in [4.78, 5) is 0. The predicted molar refractivity (Wildman–Crippen MR) is 75.4 cm³/mol. The van der Waals surface area contributed by atoms with Crippen LogP contribution >= 0.6 is 0 Å². The highest BCUT2D eigenvalue weighted by atomic mass is 15.0. The number of fused-ring (bicyclic) bond motifs is 1. The van der Waals surface area contributed by atoms with Crippen molar-refractivity contribution in [3.63, 3.8) is 0 Å². The van der Waals surface area contributed by atoms with E-state index >= 15 is 0 Å². The van der Waals surface area contributed by atoms with Gasteiger partial charge in [0.1, 0.15) is 0 Å². The summed E-state index contributed by atoms with van der Waals surface area (Å²) in [6.07, 6.45) is 2.58. The second-order valence-electron chi connectivity index (χ2n) is 6.51. The van der Waals surface area contributed by atoms with Crippen LogP contribution in [0.1, 0.15) is 43.9 Å². The molecule has 2 aliphatic rings. The van der Waals surface area contributed by atoms with Crippen LogP contribution in [0.3, 0.4) is 0 Å². The zero-order valence-electron chi connectivity index (χ0n) is 11.5. The first kappa shape index (κ1) is 12.2. The van der Waals surface area contributed by atoms with E-state index in [1.165, 1.54) is 30.5 Å². The van der Waals surface area contributed by atoms with Gasteiger partial charge in [0.15, 0.2) is 0 Å². The van der Waals surface area contributed by atoms with Crippen LogP contribution in [0, 0.1) is 11.3 Å². The molecule has 0 radical (unpaired) electrons.